The Kier molecular flexibility index (Phi) is 4.32. The van der Waals surface area contributed by atoms with E-state index < -0.39 is 0 Å². The fourth-order valence-corrected chi connectivity index (χ4v) is 3.34. The van der Waals surface area contributed by atoms with Crippen molar-refractivity contribution in [3.63, 3.8) is 0 Å². The summed E-state index contributed by atoms with van der Waals surface area (Å²) < 4.78 is 0.852. The quantitative estimate of drug-likeness (QED) is 0.754. The fraction of sp³-hybridized carbons (Fsp3) is 0.235. The molecule has 2 aromatic carbocycles. The molecule has 1 saturated heterocycles. The highest BCUT2D eigenvalue weighted by Crippen LogP contribution is 2.30. The molecular formula is C17H15BrClNO. The lowest BCUT2D eigenvalue weighted by atomic mass is 9.99. The first-order valence-electron chi connectivity index (χ1n) is 6.94. The second-order valence-corrected chi connectivity index (χ2v) is 6.56. The molecule has 3 rings (SSSR count). The van der Waals surface area contributed by atoms with Gasteiger partial charge in [-0.2, -0.15) is 0 Å². The van der Waals surface area contributed by atoms with Gasteiger partial charge < -0.3 is 4.90 Å². The summed E-state index contributed by atoms with van der Waals surface area (Å²) in [5, 5.41) is 0.748. The Hall–Kier alpha value is -1.32. The third-order valence-electron chi connectivity index (χ3n) is 3.92. The van der Waals surface area contributed by atoms with E-state index in [9.17, 15) is 4.79 Å². The molecule has 0 bridgehead atoms. The largest absolute Gasteiger partial charge is 0.338 e. The molecule has 21 heavy (non-hydrogen) atoms. The standard InChI is InChI=1S/C17H15BrClNO/c18-16-4-2-1-3-15(16)17(21)20-10-9-13(11-20)12-5-7-14(19)8-6-12/h1-8,13H,9-11H2. The van der Waals surface area contributed by atoms with Gasteiger partial charge in [0.2, 0.25) is 0 Å². The Balaban J connectivity index is 1.74. The summed E-state index contributed by atoms with van der Waals surface area (Å²) in [6.07, 6.45) is 0.998. The van der Waals surface area contributed by atoms with Gasteiger partial charge in [0, 0.05) is 28.5 Å². The summed E-state index contributed by atoms with van der Waals surface area (Å²) >= 11 is 9.38. The highest BCUT2D eigenvalue weighted by atomic mass is 79.9. The molecular weight excluding hydrogens is 350 g/mol. The molecule has 1 aliphatic heterocycles. The van der Waals surface area contributed by atoms with E-state index in [1.807, 2.05) is 41.3 Å². The molecule has 1 aliphatic rings. The molecule has 4 heteroatoms. The molecule has 1 fully saturated rings. The van der Waals surface area contributed by atoms with Crippen LogP contribution in [0.25, 0.3) is 0 Å². The van der Waals surface area contributed by atoms with Crippen molar-refractivity contribution in [2.45, 2.75) is 12.3 Å². The number of hydrogen-bond donors (Lipinski definition) is 0. The number of nitrogens with zero attached hydrogens (tertiary/aromatic N) is 1. The molecule has 0 N–H and O–H groups in total. The predicted molar refractivity (Wildman–Crippen MR) is 88.9 cm³/mol. The van der Waals surface area contributed by atoms with Gasteiger partial charge in [-0.1, -0.05) is 35.9 Å². The number of halogens is 2. The van der Waals surface area contributed by atoms with Gasteiger partial charge in [-0.15, -0.1) is 0 Å². The van der Waals surface area contributed by atoms with Gasteiger partial charge in [0.15, 0.2) is 0 Å². The van der Waals surface area contributed by atoms with Gasteiger partial charge in [0.1, 0.15) is 0 Å². The second-order valence-electron chi connectivity index (χ2n) is 5.27. The molecule has 1 atom stereocenters. The van der Waals surface area contributed by atoms with Gasteiger partial charge in [0.05, 0.1) is 5.56 Å². The van der Waals surface area contributed by atoms with Gasteiger partial charge >= 0.3 is 0 Å². The maximum Gasteiger partial charge on any atom is 0.255 e. The van der Waals surface area contributed by atoms with Crippen LogP contribution in [0.15, 0.2) is 53.0 Å². The number of hydrogen-bond acceptors (Lipinski definition) is 1. The lowest BCUT2D eigenvalue weighted by Gasteiger charge is -2.17. The highest BCUT2D eigenvalue weighted by molar-refractivity contribution is 9.10. The minimum Gasteiger partial charge on any atom is -0.338 e. The van der Waals surface area contributed by atoms with Crippen LogP contribution in [0.3, 0.4) is 0 Å². The summed E-state index contributed by atoms with van der Waals surface area (Å²) in [4.78, 5) is 14.5. The topological polar surface area (TPSA) is 20.3 Å². The van der Waals surface area contributed by atoms with Crippen molar-refractivity contribution in [1.82, 2.24) is 4.90 Å². The van der Waals surface area contributed by atoms with Crippen molar-refractivity contribution in [1.29, 1.82) is 0 Å². The van der Waals surface area contributed by atoms with Crippen LogP contribution in [0.1, 0.15) is 28.3 Å². The van der Waals surface area contributed by atoms with Crippen LogP contribution >= 0.6 is 27.5 Å². The molecule has 1 unspecified atom stereocenters. The first-order chi connectivity index (χ1) is 10.1. The molecule has 0 saturated carbocycles. The number of likely N-dealkylation sites (tertiary alicyclic amines) is 1. The van der Waals surface area contributed by atoms with E-state index in [1.54, 1.807) is 0 Å². The maximum absolute atomic E-state index is 12.6. The van der Waals surface area contributed by atoms with E-state index in [-0.39, 0.29) is 5.91 Å². The van der Waals surface area contributed by atoms with E-state index in [2.05, 4.69) is 28.1 Å². The van der Waals surface area contributed by atoms with Crippen molar-refractivity contribution >= 4 is 33.4 Å². The summed E-state index contributed by atoms with van der Waals surface area (Å²) in [7, 11) is 0. The Labute approximate surface area is 137 Å². The zero-order valence-electron chi connectivity index (χ0n) is 11.4. The summed E-state index contributed by atoms with van der Waals surface area (Å²) in [6.45, 7) is 1.56. The van der Waals surface area contributed by atoms with Crippen molar-refractivity contribution in [3.05, 3.63) is 69.2 Å². The van der Waals surface area contributed by atoms with Crippen molar-refractivity contribution in [3.8, 4) is 0 Å². The molecule has 0 aromatic heterocycles. The molecule has 0 aliphatic carbocycles. The van der Waals surface area contributed by atoms with Gasteiger partial charge in [-0.3, -0.25) is 4.79 Å². The molecule has 108 valence electrons. The third kappa shape index (κ3) is 3.14. The Morgan fingerprint density at radius 2 is 1.86 bits per heavy atom. The highest BCUT2D eigenvalue weighted by Gasteiger charge is 2.28. The van der Waals surface area contributed by atoms with Crippen molar-refractivity contribution < 1.29 is 4.79 Å². The smallest absolute Gasteiger partial charge is 0.255 e. The summed E-state index contributed by atoms with van der Waals surface area (Å²) in [6, 6.07) is 15.5. The number of carbonyl (C=O) groups is 1. The van der Waals surface area contributed by atoms with Crippen LogP contribution in [0, 0.1) is 0 Å². The van der Waals surface area contributed by atoms with E-state index in [0.29, 0.717) is 5.92 Å². The molecule has 2 aromatic rings. The van der Waals surface area contributed by atoms with E-state index >= 15 is 0 Å². The first-order valence-corrected chi connectivity index (χ1v) is 8.11. The monoisotopic (exact) mass is 363 g/mol. The lowest BCUT2D eigenvalue weighted by Crippen LogP contribution is -2.28. The number of amides is 1. The van der Waals surface area contributed by atoms with Crippen LogP contribution in [0.2, 0.25) is 5.02 Å². The zero-order valence-corrected chi connectivity index (χ0v) is 13.8. The Bertz CT molecular complexity index is 656. The van der Waals surface area contributed by atoms with E-state index in [1.165, 1.54) is 5.56 Å². The van der Waals surface area contributed by atoms with Crippen LogP contribution in [-0.2, 0) is 0 Å². The van der Waals surface area contributed by atoms with Crippen LogP contribution < -0.4 is 0 Å². The first kappa shape index (κ1) is 14.6. The average molecular weight is 365 g/mol. The number of carbonyl (C=O) groups excluding carboxylic acids is 1. The normalized spacial score (nSPS) is 18.0. The molecule has 1 heterocycles. The lowest BCUT2D eigenvalue weighted by molar-refractivity contribution is 0.0790. The summed E-state index contributed by atoms with van der Waals surface area (Å²) in [5.41, 5.74) is 1.98. The average Bonchev–Trinajstić information content (AvgIpc) is 2.98. The Morgan fingerprint density at radius 1 is 1.14 bits per heavy atom. The molecule has 0 radical (unpaired) electrons. The zero-order chi connectivity index (χ0) is 14.8. The van der Waals surface area contributed by atoms with Gasteiger partial charge in [0.25, 0.3) is 5.91 Å². The van der Waals surface area contributed by atoms with Crippen LogP contribution in [0.5, 0.6) is 0 Å². The maximum atomic E-state index is 12.6. The second kappa shape index (κ2) is 6.20. The van der Waals surface area contributed by atoms with Crippen LogP contribution in [-0.4, -0.2) is 23.9 Å². The SMILES string of the molecule is O=C(c1ccccc1Br)N1CCC(c2ccc(Cl)cc2)C1. The molecule has 0 spiro atoms. The van der Waals surface area contributed by atoms with E-state index in [4.69, 9.17) is 11.6 Å². The number of rotatable bonds is 2. The predicted octanol–water partition coefficient (Wildman–Crippen LogP) is 4.73. The minimum atomic E-state index is 0.0962. The Morgan fingerprint density at radius 3 is 2.57 bits per heavy atom. The fourth-order valence-electron chi connectivity index (χ4n) is 2.76. The van der Waals surface area contributed by atoms with Gasteiger partial charge in [-0.05, 0) is 52.2 Å². The molecule has 1 amide bonds. The molecule has 2 nitrogen and oxygen atoms in total. The van der Waals surface area contributed by atoms with Crippen molar-refractivity contribution in [2.24, 2.45) is 0 Å². The minimum absolute atomic E-state index is 0.0962. The number of benzene rings is 2. The third-order valence-corrected chi connectivity index (χ3v) is 4.86. The summed E-state index contributed by atoms with van der Waals surface area (Å²) in [5.74, 6) is 0.493. The van der Waals surface area contributed by atoms with Gasteiger partial charge in [-0.25, -0.2) is 0 Å². The van der Waals surface area contributed by atoms with Crippen LogP contribution in [0.4, 0.5) is 0 Å². The van der Waals surface area contributed by atoms with E-state index in [0.717, 1.165) is 34.6 Å². The van der Waals surface area contributed by atoms with Crippen molar-refractivity contribution in [2.75, 3.05) is 13.1 Å².